The summed E-state index contributed by atoms with van der Waals surface area (Å²) in [5.41, 5.74) is -2.11. The van der Waals surface area contributed by atoms with Crippen LogP contribution in [0.25, 0.3) is 0 Å². The fourth-order valence-electron chi connectivity index (χ4n) is 1.49. The molecule has 1 heterocycles. The van der Waals surface area contributed by atoms with Crippen molar-refractivity contribution in [2.45, 2.75) is 6.18 Å². The molecule has 1 aromatic carbocycles. The molecule has 8 heteroatoms. The molecule has 0 saturated carbocycles. The van der Waals surface area contributed by atoms with Crippen molar-refractivity contribution in [2.75, 3.05) is 0 Å². The van der Waals surface area contributed by atoms with Gasteiger partial charge in [0.2, 0.25) is 5.75 Å². The van der Waals surface area contributed by atoms with Crippen LogP contribution in [0.5, 0.6) is 11.5 Å². The van der Waals surface area contributed by atoms with E-state index in [0.717, 1.165) is 12.3 Å². The standard InChI is InChI=1S/C12H6ClF3INO2/c13-6-3-7(17)5-8(4-6)20-10-9(12(14,15)16)1-2-18-11(10)19/h1-5H,(H,18,19). The Morgan fingerprint density at radius 3 is 2.55 bits per heavy atom. The van der Waals surface area contributed by atoms with Crippen molar-refractivity contribution in [3.8, 4) is 11.5 Å². The lowest BCUT2D eigenvalue weighted by molar-refractivity contribution is -0.138. The number of nitrogens with one attached hydrogen (secondary N) is 1. The average molecular weight is 416 g/mol. The first-order valence-electron chi connectivity index (χ1n) is 5.20. The van der Waals surface area contributed by atoms with Gasteiger partial charge in [-0.25, -0.2) is 0 Å². The van der Waals surface area contributed by atoms with Gasteiger partial charge in [0, 0.05) is 14.8 Å². The maximum atomic E-state index is 12.8. The molecule has 2 rings (SSSR count). The van der Waals surface area contributed by atoms with Crippen LogP contribution >= 0.6 is 34.2 Å². The molecular weight excluding hydrogens is 409 g/mol. The molecule has 0 aliphatic carbocycles. The van der Waals surface area contributed by atoms with E-state index in [1.807, 2.05) is 22.6 Å². The highest BCUT2D eigenvalue weighted by Gasteiger charge is 2.35. The second-order valence-corrected chi connectivity index (χ2v) is 5.44. The van der Waals surface area contributed by atoms with Gasteiger partial charge in [0.25, 0.3) is 5.56 Å². The molecule has 3 nitrogen and oxygen atoms in total. The van der Waals surface area contributed by atoms with Crippen molar-refractivity contribution in [1.82, 2.24) is 4.98 Å². The van der Waals surface area contributed by atoms with Gasteiger partial charge in [0.1, 0.15) is 11.3 Å². The van der Waals surface area contributed by atoms with Gasteiger partial charge in [-0.05, 0) is 46.9 Å². The molecule has 0 saturated heterocycles. The van der Waals surface area contributed by atoms with Crippen molar-refractivity contribution < 1.29 is 17.9 Å². The Hall–Kier alpha value is -1.22. The zero-order chi connectivity index (χ0) is 14.9. The van der Waals surface area contributed by atoms with E-state index in [2.05, 4.69) is 4.98 Å². The van der Waals surface area contributed by atoms with E-state index in [1.165, 1.54) is 12.1 Å². The number of halogens is 5. The maximum absolute atomic E-state index is 12.8. The number of pyridine rings is 1. The molecule has 0 unspecified atom stereocenters. The van der Waals surface area contributed by atoms with Crippen LogP contribution in [0.3, 0.4) is 0 Å². The fourth-order valence-corrected chi connectivity index (χ4v) is 2.55. The zero-order valence-electron chi connectivity index (χ0n) is 9.59. The number of aromatic amines is 1. The number of rotatable bonds is 2. The van der Waals surface area contributed by atoms with E-state index < -0.39 is 23.0 Å². The molecule has 0 atom stereocenters. The highest BCUT2D eigenvalue weighted by molar-refractivity contribution is 14.1. The number of alkyl halides is 3. The van der Waals surface area contributed by atoms with E-state index in [0.29, 0.717) is 8.59 Å². The number of aromatic nitrogens is 1. The largest absolute Gasteiger partial charge is 0.451 e. The minimum atomic E-state index is -4.69. The molecule has 106 valence electrons. The normalized spacial score (nSPS) is 11.4. The first kappa shape index (κ1) is 15.2. The Morgan fingerprint density at radius 1 is 1.25 bits per heavy atom. The third kappa shape index (κ3) is 3.45. The molecular formula is C12H6ClF3INO2. The smallest absolute Gasteiger partial charge is 0.420 e. The summed E-state index contributed by atoms with van der Waals surface area (Å²) in [5.74, 6) is -0.748. The predicted molar refractivity (Wildman–Crippen MR) is 76.3 cm³/mol. The van der Waals surface area contributed by atoms with E-state index in [1.54, 1.807) is 6.07 Å². The molecule has 0 aliphatic heterocycles. The SMILES string of the molecule is O=c1[nH]ccc(C(F)(F)F)c1Oc1cc(Cl)cc(I)c1. The number of ether oxygens (including phenoxy) is 1. The second-order valence-electron chi connectivity index (χ2n) is 3.75. The molecule has 0 bridgehead atoms. The molecule has 1 N–H and O–H groups in total. The van der Waals surface area contributed by atoms with Gasteiger partial charge in [-0.15, -0.1) is 0 Å². The fraction of sp³-hybridized carbons (Fsp3) is 0.0833. The topological polar surface area (TPSA) is 42.1 Å². The third-order valence-electron chi connectivity index (χ3n) is 2.28. The van der Waals surface area contributed by atoms with E-state index >= 15 is 0 Å². The lowest BCUT2D eigenvalue weighted by atomic mass is 10.2. The van der Waals surface area contributed by atoms with Gasteiger partial charge in [0.05, 0.1) is 0 Å². The van der Waals surface area contributed by atoms with Crippen LogP contribution in [0.4, 0.5) is 13.2 Å². The number of hydrogen-bond acceptors (Lipinski definition) is 2. The molecule has 0 spiro atoms. The summed E-state index contributed by atoms with van der Waals surface area (Å²) in [6.45, 7) is 0. The third-order valence-corrected chi connectivity index (χ3v) is 3.12. The van der Waals surface area contributed by atoms with Gasteiger partial charge in [-0.2, -0.15) is 13.2 Å². The summed E-state index contributed by atoms with van der Waals surface area (Å²) >= 11 is 7.73. The number of benzene rings is 1. The Labute approximate surface area is 129 Å². The first-order chi connectivity index (χ1) is 9.27. The zero-order valence-corrected chi connectivity index (χ0v) is 12.5. The van der Waals surface area contributed by atoms with Gasteiger partial charge in [-0.1, -0.05) is 11.6 Å². The minimum absolute atomic E-state index is 0.0594. The van der Waals surface area contributed by atoms with Crippen LogP contribution in [0, 0.1) is 3.57 Å². The summed E-state index contributed by atoms with van der Waals surface area (Å²) in [6, 6.07) is 5.15. The van der Waals surface area contributed by atoms with Crippen LogP contribution in [-0.2, 0) is 6.18 Å². The molecule has 2 aromatic rings. The summed E-state index contributed by atoms with van der Waals surface area (Å²) < 4.78 is 44.2. The highest BCUT2D eigenvalue weighted by Crippen LogP contribution is 2.36. The molecule has 0 aliphatic rings. The summed E-state index contributed by atoms with van der Waals surface area (Å²) in [4.78, 5) is 13.7. The molecule has 0 amide bonds. The Bertz CT molecular complexity index is 680. The highest BCUT2D eigenvalue weighted by atomic mass is 127. The monoisotopic (exact) mass is 415 g/mol. The summed E-state index contributed by atoms with van der Waals surface area (Å²) in [6.07, 6.45) is -3.77. The van der Waals surface area contributed by atoms with Crippen LogP contribution in [0.1, 0.15) is 5.56 Å². The maximum Gasteiger partial charge on any atom is 0.420 e. The van der Waals surface area contributed by atoms with E-state index in [-0.39, 0.29) is 5.75 Å². The minimum Gasteiger partial charge on any atom is -0.451 e. The van der Waals surface area contributed by atoms with Gasteiger partial charge < -0.3 is 9.72 Å². The van der Waals surface area contributed by atoms with Crippen LogP contribution in [0.15, 0.2) is 35.3 Å². The first-order valence-corrected chi connectivity index (χ1v) is 6.66. The van der Waals surface area contributed by atoms with Crippen molar-refractivity contribution in [2.24, 2.45) is 0 Å². The summed E-state index contributed by atoms with van der Waals surface area (Å²) in [5, 5.41) is 0.299. The van der Waals surface area contributed by atoms with Gasteiger partial charge in [0.15, 0.2) is 0 Å². The lowest BCUT2D eigenvalue weighted by Crippen LogP contribution is -2.16. The Kier molecular flexibility index (Phi) is 4.28. The molecule has 0 fully saturated rings. The van der Waals surface area contributed by atoms with Gasteiger partial charge >= 0.3 is 6.18 Å². The second kappa shape index (κ2) is 5.65. The summed E-state index contributed by atoms with van der Waals surface area (Å²) in [7, 11) is 0. The number of H-pyrrole nitrogens is 1. The average Bonchev–Trinajstić information content (AvgIpc) is 2.29. The van der Waals surface area contributed by atoms with Crippen LogP contribution < -0.4 is 10.3 Å². The Morgan fingerprint density at radius 2 is 1.95 bits per heavy atom. The number of hydrogen-bond donors (Lipinski definition) is 1. The van der Waals surface area contributed by atoms with Crippen molar-refractivity contribution in [1.29, 1.82) is 0 Å². The molecule has 20 heavy (non-hydrogen) atoms. The molecule has 0 radical (unpaired) electrons. The van der Waals surface area contributed by atoms with Crippen LogP contribution in [-0.4, -0.2) is 4.98 Å². The van der Waals surface area contributed by atoms with Crippen LogP contribution in [0.2, 0.25) is 5.02 Å². The van der Waals surface area contributed by atoms with Crippen molar-refractivity contribution in [3.05, 3.63) is 55.0 Å². The van der Waals surface area contributed by atoms with E-state index in [9.17, 15) is 18.0 Å². The Balaban J connectivity index is 2.51. The van der Waals surface area contributed by atoms with Gasteiger partial charge in [-0.3, -0.25) is 4.79 Å². The van der Waals surface area contributed by atoms with Crippen molar-refractivity contribution in [3.63, 3.8) is 0 Å². The molecule has 1 aromatic heterocycles. The lowest BCUT2D eigenvalue weighted by Gasteiger charge is -2.12. The van der Waals surface area contributed by atoms with E-state index in [4.69, 9.17) is 16.3 Å². The quantitative estimate of drug-likeness (QED) is 0.737. The predicted octanol–water partition coefficient (Wildman–Crippen LogP) is 4.44. The van der Waals surface area contributed by atoms with Crippen molar-refractivity contribution >= 4 is 34.2 Å².